The van der Waals surface area contributed by atoms with Crippen molar-refractivity contribution >= 4 is 11.7 Å². The van der Waals surface area contributed by atoms with Crippen LogP contribution >= 0.6 is 0 Å². The SMILES string of the molecule is Cc1ccc(OCC(=O)N2C3CCC2CN(Cc2ccc(F)cc2)C3)c([N+](=O)[O-])n1. The molecule has 4 rings (SSSR count). The number of piperazine rings is 1. The molecule has 0 aliphatic carbocycles. The first-order valence-electron chi connectivity index (χ1n) is 9.93. The zero-order chi connectivity index (χ0) is 21.3. The van der Waals surface area contributed by atoms with E-state index in [4.69, 9.17) is 4.74 Å². The van der Waals surface area contributed by atoms with Crippen molar-refractivity contribution in [3.05, 3.63) is 63.6 Å². The van der Waals surface area contributed by atoms with Crippen molar-refractivity contribution in [3.63, 3.8) is 0 Å². The first-order valence-corrected chi connectivity index (χ1v) is 9.93. The molecule has 2 aliphatic rings. The summed E-state index contributed by atoms with van der Waals surface area (Å²) < 4.78 is 18.6. The molecule has 30 heavy (non-hydrogen) atoms. The fourth-order valence-electron chi connectivity index (χ4n) is 4.36. The van der Waals surface area contributed by atoms with E-state index in [0.717, 1.165) is 31.5 Å². The van der Waals surface area contributed by atoms with Gasteiger partial charge in [-0.3, -0.25) is 9.69 Å². The van der Waals surface area contributed by atoms with Crippen LogP contribution in [0.3, 0.4) is 0 Å². The number of fused-ring (bicyclic) bond motifs is 2. The van der Waals surface area contributed by atoms with Crippen molar-refractivity contribution < 1.29 is 18.8 Å². The number of pyridine rings is 1. The number of halogens is 1. The molecule has 2 aliphatic heterocycles. The summed E-state index contributed by atoms with van der Waals surface area (Å²) in [5.74, 6) is -0.798. The highest BCUT2D eigenvalue weighted by Gasteiger charge is 2.42. The highest BCUT2D eigenvalue weighted by atomic mass is 19.1. The van der Waals surface area contributed by atoms with Gasteiger partial charge in [0.15, 0.2) is 6.61 Å². The van der Waals surface area contributed by atoms with Crippen LogP contribution in [0.4, 0.5) is 10.2 Å². The van der Waals surface area contributed by atoms with Crippen molar-refractivity contribution in [1.82, 2.24) is 14.8 Å². The summed E-state index contributed by atoms with van der Waals surface area (Å²) in [5.41, 5.74) is 1.55. The van der Waals surface area contributed by atoms with Crippen LogP contribution in [0.25, 0.3) is 0 Å². The molecule has 158 valence electrons. The summed E-state index contributed by atoms with van der Waals surface area (Å²) in [4.78, 5) is 31.4. The van der Waals surface area contributed by atoms with Gasteiger partial charge in [0.25, 0.3) is 5.91 Å². The van der Waals surface area contributed by atoms with E-state index < -0.39 is 4.92 Å². The molecule has 9 heteroatoms. The largest absolute Gasteiger partial charge is 0.476 e. The van der Waals surface area contributed by atoms with Gasteiger partial charge in [-0.15, -0.1) is 0 Å². The lowest BCUT2D eigenvalue weighted by molar-refractivity contribution is -0.390. The molecular weight excluding hydrogens is 391 g/mol. The van der Waals surface area contributed by atoms with Gasteiger partial charge in [-0.05, 0) is 52.6 Å². The van der Waals surface area contributed by atoms with Crippen LogP contribution in [0.1, 0.15) is 24.1 Å². The smallest absolute Gasteiger partial charge is 0.406 e. The molecular formula is C21H23FN4O4. The van der Waals surface area contributed by atoms with Gasteiger partial charge in [-0.1, -0.05) is 12.1 Å². The van der Waals surface area contributed by atoms with Crippen molar-refractivity contribution in [3.8, 4) is 5.75 Å². The number of carbonyl (C=O) groups is 1. The van der Waals surface area contributed by atoms with E-state index in [1.165, 1.54) is 18.2 Å². The molecule has 1 amide bonds. The number of rotatable bonds is 6. The van der Waals surface area contributed by atoms with Gasteiger partial charge in [0.1, 0.15) is 11.5 Å². The maximum Gasteiger partial charge on any atom is 0.406 e. The van der Waals surface area contributed by atoms with E-state index in [2.05, 4.69) is 9.88 Å². The number of hydrogen-bond donors (Lipinski definition) is 0. The number of nitro groups is 1. The van der Waals surface area contributed by atoms with Crippen molar-refractivity contribution in [2.45, 2.75) is 38.4 Å². The number of ether oxygens (including phenoxy) is 1. The van der Waals surface area contributed by atoms with Gasteiger partial charge in [-0.25, -0.2) is 4.39 Å². The molecule has 2 aromatic rings. The second-order valence-corrected chi connectivity index (χ2v) is 7.83. The maximum atomic E-state index is 13.1. The third-order valence-electron chi connectivity index (χ3n) is 5.67. The van der Waals surface area contributed by atoms with E-state index >= 15 is 0 Å². The lowest BCUT2D eigenvalue weighted by Crippen LogP contribution is -2.56. The zero-order valence-corrected chi connectivity index (χ0v) is 16.7. The number of aromatic nitrogens is 1. The number of hydrogen-bond acceptors (Lipinski definition) is 6. The van der Waals surface area contributed by atoms with Crippen LogP contribution in [0, 0.1) is 22.9 Å². The lowest BCUT2D eigenvalue weighted by Gasteiger charge is -2.41. The Bertz CT molecular complexity index is 939. The second kappa shape index (κ2) is 8.35. The van der Waals surface area contributed by atoms with Crippen molar-refractivity contribution in [2.75, 3.05) is 19.7 Å². The van der Waals surface area contributed by atoms with Crippen LogP contribution < -0.4 is 4.74 Å². The Morgan fingerprint density at radius 2 is 1.87 bits per heavy atom. The van der Waals surface area contributed by atoms with Crippen LogP contribution in [0.15, 0.2) is 36.4 Å². The fraction of sp³-hybridized carbons (Fsp3) is 0.429. The average molecular weight is 414 g/mol. The van der Waals surface area contributed by atoms with E-state index in [0.29, 0.717) is 12.2 Å². The highest BCUT2D eigenvalue weighted by molar-refractivity contribution is 5.79. The number of benzene rings is 1. The third-order valence-corrected chi connectivity index (χ3v) is 5.67. The van der Waals surface area contributed by atoms with E-state index in [9.17, 15) is 19.3 Å². The number of amides is 1. The summed E-state index contributed by atoms with van der Waals surface area (Å²) in [6, 6.07) is 9.75. The van der Waals surface area contributed by atoms with E-state index in [1.54, 1.807) is 25.1 Å². The third kappa shape index (κ3) is 4.25. The van der Waals surface area contributed by atoms with Crippen LogP contribution in [-0.2, 0) is 11.3 Å². The summed E-state index contributed by atoms with van der Waals surface area (Å²) in [5, 5.41) is 11.2. The molecule has 0 spiro atoms. The molecule has 2 atom stereocenters. The minimum Gasteiger partial charge on any atom is -0.476 e. The molecule has 0 saturated carbocycles. The molecule has 1 aromatic heterocycles. The predicted octanol–water partition coefficient (Wildman–Crippen LogP) is 2.69. The van der Waals surface area contributed by atoms with E-state index in [-0.39, 0.29) is 42.0 Å². The van der Waals surface area contributed by atoms with Gasteiger partial charge in [0.2, 0.25) is 5.75 Å². The Balaban J connectivity index is 1.37. The molecule has 2 saturated heterocycles. The first-order chi connectivity index (χ1) is 14.4. The Morgan fingerprint density at radius 3 is 2.50 bits per heavy atom. The summed E-state index contributed by atoms with van der Waals surface area (Å²) in [6.45, 7) is 3.60. The number of aryl methyl sites for hydroxylation is 1. The van der Waals surface area contributed by atoms with Crippen LogP contribution in [0.2, 0.25) is 0 Å². The lowest BCUT2D eigenvalue weighted by atomic mass is 10.1. The first kappa shape index (κ1) is 20.2. The second-order valence-electron chi connectivity index (χ2n) is 7.83. The van der Waals surface area contributed by atoms with Gasteiger partial charge in [0, 0.05) is 38.6 Å². The van der Waals surface area contributed by atoms with Gasteiger partial charge in [-0.2, -0.15) is 0 Å². The van der Waals surface area contributed by atoms with Gasteiger partial charge >= 0.3 is 5.82 Å². The normalized spacial score (nSPS) is 20.9. The summed E-state index contributed by atoms with van der Waals surface area (Å²) >= 11 is 0. The molecule has 3 heterocycles. The maximum absolute atomic E-state index is 13.1. The fourth-order valence-corrected chi connectivity index (χ4v) is 4.36. The molecule has 0 radical (unpaired) electrons. The molecule has 2 unspecified atom stereocenters. The highest BCUT2D eigenvalue weighted by Crippen LogP contribution is 2.31. The Morgan fingerprint density at radius 1 is 1.20 bits per heavy atom. The number of likely N-dealkylation sites (tertiary alicyclic amines) is 1. The van der Waals surface area contributed by atoms with Crippen LogP contribution in [0.5, 0.6) is 5.75 Å². The summed E-state index contributed by atoms with van der Waals surface area (Å²) in [7, 11) is 0. The standard InChI is InChI=1S/C21H23FN4O4/c1-14-2-9-19(21(23-14)26(28)29)30-13-20(27)25-17-7-8-18(25)12-24(11-17)10-15-3-5-16(22)6-4-15/h2-6,9,17-18H,7-8,10-13H2,1H3. The zero-order valence-electron chi connectivity index (χ0n) is 16.7. The van der Waals surface area contributed by atoms with Crippen molar-refractivity contribution in [2.24, 2.45) is 0 Å². The summed E-state index contributed by atoms with van der Waals surface area (Å²) in [6.07, 6.45) is 1.84. The topological polar surface area (TPSA) is 88.8 Å². The molecule has 0 N–H and O–H groups in total. The van der Waals surface area contributed by atoms with Gasteiger partial charge < -0.3 is 19.8 Å². The quantitative estimate of drug-likeness (QED) is 0.533. The monoisotopic (exact) mass is 414 g/mol. The Labute approximate surface area is 173 Å². The minimum absolute atomic E-state index is 0.00115. The van der Waals surface area contributed by atoms with Crippen LogP contribution in [-0.4, -0.2) is 57.4 Å². The predicted molar refractivity (Wildman–Crippen MR) is 106 cm³/mol. The van der Waals surface area contributed by atoms with E-state index in [1.807, 2.05) is 4.90 Å². The molecule has 8 nitrogen and oxygen atoms in total. The molecule has 1 aromatic carbocycles. The molecule has 2 fully saturated rings. The van der Waals surface area contributed by atoms with Gasteiger partial charge in [0.05, 0.1) is 0 Å². The molecule has 2 bridgehead atoms. The number of nitrogens with zero attached hydrogens (tertiary/aromatic N) is 4. The minimum atomic E-state index is -0.606. The number of carbonyl (C=O) groups excluding carboxylic acids is 1. The Kier molecular flexibility index (Phi) is 5.63. The Hall–Kier alpha value is -3.07. The average Bonchev–Trinajstić information content (AvgIpc) is 2.99. The van der Waals surface area contributed by atoms with Crippen molar-refractivity contribution in [1.29, 1.82) is 0 Å².